The molecule has 1 unspecified atom stereocenters. The molecule has 2 aromatic carbocycles. The van der Waals surface area contributed by atoms with Crippen LogP contribution in [0, 0.1) is 11.8 Å². The second-order valence-corrected chi connectivity index (χ2v) is 17.3. The predicted octanol–water partition coefficient (Wildman–Crippen LogP) is 7.16. The number of halogens is 2. The fourth-order valence-electron chi connectivity index (χ4n) is 7.71. The highest BCUT2D eigenvalue weighted by Crippen LogP contribution is 2.32. The first-order valence-electron chi connectivity index (χ1n) is 20.1. The zero-order chi connectivity index (χ0) is 39.6. The van der Waals surface area contributed by atoms with Crippen molar-refractivity contribution in [2.45, 2.75) is 38.4 Å². The van der Waals surface area contributed by atoms with E-state index in [4.69, 9.17) is 24.4 Å². The van der Waals surface area contributed by atoms with E-state index in [-0.39, 0.29) is 18.8 Å². The summed E-state index contributed by atoms with van der Waals surface area (Å²) >= 11 is 7.04. The van der Waals surface area contributed by atoms with Crippen LogP contribution in [0.3, 0.4) is 0 Å². The number of hydrogen-bond donors (Lipinski definition) is 1. The Labute approximate surface area is 354 Å². The normalized spacial score (nSPS) is 18.9. The molecule has 0 saturated carbocycles. The molecule has 4 aliphatic heterocycles. The molecule has 0 amide bonds. The molecule has 0 aliphatic carbocycles. The molecule has 58 heavy (non-hydrogen) atoms. The van der Waals surface area contributed by atoms with E-state index < -0.39 is 0 Å². The van der Waals surface area contributed by atoms with E-state index in [0.717, 1.165) is 113 Å². The van der Waals surface area contributed by atoms with Gasteiger partial charge in [0.1, 0.15) is 23.8 Å². The van der Waals surface area contributed by atoms with Gasteiger partial charge in [-0.05, 0) is 93.4 Å². The number of hydrogen-bond acceptors (Lipinski definition) is 13. The van der Waals surface area contributed by atoms with E-state index in [1.54, 1.807) is 12.4 Å². The predicted molar refractivity (Wildman–Crippen MR) is 234 cm³/mol. The van der Waals surface area contributed by atoms with Crippen LogP contribution in [-0.4, -0.2) is 106 Å². The first-order valence-corrected chi connectivity index (χ1v) is 21.6. The van der Waals surface area contributed by atoms with Gasteiger partial charge in [0, 0.05) is 49.5 Å². The lowest BCUT2D eigenvalue weighted by atomic mass is 10.00. The fourth-order valence-corrected chi connectivity index (χ4v) is 8.27. The third-order valence-electron chi connectivity index (χ3n) is 11.4. The summed E-state index contributed by atoms with van der Waals surface area (Å²) in [7, 11) is 0. The van der Waals surface area contributed by atoms with Gasteiger partial charge < -0.3 is 34.2 Å². The summed E-state index contributed by atoms with van der Waals surface area (Å²) in [4.78, 5) is 36.5. The lowest BCUT2D eigenvalue weighted by Gasteiger charge is -2.39. The van der Waals surface area contributed by atoms with Crippen molar-refractivity contribution in [3.63, 3.8) is 0 Å². The topological polar surface area (TPSA) is 129 Å². The number of nitrogens with zero attached hydrogens (tertiary/aromatic N) is 10. The number of aliphatic hydroxyl groups is 1. The molecular weight excluding hydrogens is 864 g/mol. The van der Waals surface area contributed by atoms with Crippen molar-refractivity contribution in [3.05, 3.63) is 94.1 Å². The first-order chi connectivity index (χ1) is 28.3. The number of aromatic nitrogens is 6. The number of para-hydroxylation sites is 2. The van der Waals surface area contributed by atoms with Crippen molar-refractivity contribution in [2.75, 3.05) is 78.6 Å². The van der Waals surface area contributed by atoms with Crippen LogP contribution < -0.4 is 29.1 Å². The van der Waals surface area contributed by atoms with Gasteiger partial charge in [0.15, 0.2) is 0 Å². The van der Waals surface area contributed by atoms with E-state index in [9.17, 15) is 5.11 Å². The molecule has 4 aliphatic rings. The Bertz CT molecular complexity index is 2230. The molecular formula is C43H46Br2N10O3. The van der Waals surface area contributed by atoms with Crippen LogP contribution in [0.25, 0.3) is 21.8 Å². The average molecular weight is 911 g/mol. The lowest BCUT2D eigenvalue weighted by molar-refractivity contribution is 0.158. The largest absolute Gasteiger partial charge is 0.470 e. The Morgan fingerprint density at radius 3 is 1.57 bits per heavy atom. The van der Waals surface area contributed by atoms with Gasteiger partial charge in [-0.3, -0.25) is 0 Å². The van der Waals surface area contributed by atoms with Crippen LogP contribution in [0.15, 0.2) is 94.1 Å². The highest BCUT2D eigenvalue weighted by atomic mass is 79.9. The maximum absolute atomic E-state index is 9.36. The van der Waals surface area contributed by atoms with Crippen molar-refractivity contribution in [2.24, 2.45) is 11.8 Å². The molecule has 8 heterocycles. The summed E-state index contributed by atoms with van der Waals surface area (Å²) in [6, 6.07) is 24.7. The highest BCUT2D eigenvalue weighted by Gasteiger charge is 2.33. The molecule has 6 aromatic rings. The second kappa shape index (κ2) is 17.2. The van der Waals surface area contributed by atoms with Gasteiger partial charge >= 0.3 is 0 Å². The Hall–Kier alpha value is -4.86. The van der Waals surface area contributed by atoms with Crippen molar-refractivity contribution in [3.8, 4) is 11.8 Å². The number of anilines is 4. The van der Waals surface area contributed by atoms with Gasteiger partial charge in [-0.2, -0.15) is 9.97 Å². The van der Waals surface area contributed by atoms with Crippen molar-refractivity contribution < 1.29 is 14.6 Å². The number of ether oxygens (including phenoxy) is 2. The van der Waals surface area contributed by atoms with E-state index >= 15 is 0 Å². The van der Waals surface area contributed by atoms with Gasteiger partial charge in [0.2, 0.25) is 23.7 Å². The summed E-state index contributed by atoms with van der Waals surface area (Å²) in [6.45, 7) is 9.31. The number of piperidine rings is 1. The lowest BCUT2D eigenvalue weighted by Crippen LogP contribution is -2.54. The molecule has 13 nitrogen and oxygen atoms in total. The van der Waals surface area contributed by atoms with E-state index in [2.05, 4.69) is 110 Å². The Kier molecular flexibility index (Phi) is 11.4. The van der Waals surface area contributed by atoms with Gasteiger partial charge in [-0.1, -0.05) is 43.3 Å². The molecule has 1 N–H and O–H groups in total. The Balaban J connectivity index is 0.000000150. The molecule has 4 saturated heterocycles. The van der Waals surface area contributed by atoms with Crippen LogP contribution in [0.2, 0.25) is 0 Å². The third-order valence-corrected chi connectivity index (χ3v) is 12.4. The highest BCUT2D eigenvalue weighted by molar-refractivity contribution is 9.10. The number of benzene rings is 2. The molecule has 4 fully saturated rings. The zero-order valence-corrected chi connectivity index (χ0v) is 35.5. The number of aliphatic hydroxyl groups excluding tert-OH is 1. The first kappa shape index (κ1) is 38.6. The minimum Gasteiger partial charge on any atom is -0.470 e. The van der Waals surface area contributed by atoms with Crippen LogP contribution in [0.4, 0.5) is 23.5 Å². The van der Waals surface area contributed by atoms with Crippen LogP contribution >= 0.6 is 31.9 Å². The minimum absolute atomic E-state index is 0.0612. The average Bonchev–Trinajstić information content (AvgIpc) is 3.71. The smallest absolute Gasteiger partial charge is 0.233 e. The standard InChI is InChI=1S/C22H24BrN5O.C21H22BrN5O2/c1-15-8-10-27(11-9-15)22-24-12-18(23)21(26-22)29-17-13-28(14-17)20-7-6-16-4-2-3-5-19(16)25-20;22-17-9-23-21(26-8-7-14(10-26)13-28)25-20(17)29-16-11-27(12-16)19-6-5-15-3-1-2-4-18(15)24-19/h2-7,12,15,17H,8-11,13-14H2,1H3;1-6,9,14,16,28H,7-8,10-13H2. The van der Waals surface area contributed by atoms with E-state index in [1.165, 1.54) is 12.8 Å². The zero-order valence-electron chi connectivity index (χ0n) is 32.4. The van der Waals surface area contributed by atoms with Crippen LogP contribution in [0.1, 0.15) is 26.2 Å². The molecule has 4 aromatic heterocycles. The van der Waals surface area contributed by atoms with Gasteiger partial charge in [-0.25, -0.2) is 19.9 Å². The van der Waals surface area contributed by atoms with Gasteiger partial charge in [0.25, 0.3) is 0 Å². The summed E-state index contributed by atoms with van der Waals surface area (Å²) in [5.74, 6) is 5.66. The number of fused-ring (bicyclic) bond motifs is 2. The quantitative estimate of drug-likeness (QED) is 0.158. The van der Waals surface area contributed by atoms with Crippen molar-refractivity contribution in [1.82, 2.24) is 29.9 Å². The van der Waals surface area contributed by atoms with E-state index in [0.29, 0.717) is 23.6 Å². The van der Waals surface area contributed by atoms with Gasteiger partial charge in [-0.15, -0.1) is 0 Å². The summed E-state index contributed by atoms with van der Waals surface area (Å²) < 4.78 is 13.9. The van der Waals surface area contributed by atoms with Crippen molar-refractivity contribution in [1.29, 1.82) is 0 Å². The maximum atomic E-state index is 9.36. The van der Waals surface area contributed by atoms with E-state index in [1.807, 2.05) is 36.4 Å². The molecule has 300 valence electrons. The summed E-state index contributed by atoms with van der Waals surface area (Å²) in [5.41, 5.74) is 2.03. The van der Waals surface area contributed by atoms with Crippen LogP contribution in [-0.2, 0) is 0 Å². The van der Waals surface area contributed by atoms with Crippen molar-refractivity contribution >= 4 is 77.2 Å². The second-order valence-electron chi connectivity index (χ2n) is 15.6. The van der Waals surface area contributed by atoms with Crippen LogP contribution in [0.5, 0.6) is 11.8 Å². The maximum Gasteiger partial charge on any atom is 0.233 e. The molecule has 0 bridgehead atoms. The summed E-state index contributed by atoms with van der Waals surface area (Å²) in [5, 5.41) is 11.7. The fraction of sp³-hybridized carbons (Fsp3) is 0.395. The molecule has 10 rings (SSSR count). The molecule has 0 radical (unpaired) electrons. The Morgan fingerprint density at radius 1 is 0.586 bits per heavy atom. The molecule has 1 atom stereocenters. The SMILES string of the molecule is CC1CCN(c2ncc(Br)c(OC3CN(c4ccc5ccccc5n4)C3)n2)CC1.OCC1CCN(c2ncc(Br)c(OC3CN(c4ccc5ccccc5n4)C3)n2)C1. The number of rotatable bonds is 9. The third kappa shape index (κ3) is 8.62. The molecule has 0 spiro atoms. The monoisotopic (exact) mass is 908 g/mol. The van der Waals surface area contributed by atoms with Gasteiger partial charge in [0.05, 0.1) is 58.6 Å². The Morgan fingerprint density at radius 2 is 1.07 bits per heavy atom. The molecule has 15 heteroatoms. The summed E-state index contributed by atoms with van der Waals surface area (Å²) in [6.07, 6.45) is 7.04. The number of pyridine rings is 2. The minimum atomic E-state index is 0.0612.